The SMILES string of the molecule is Cc1[nH]c2ccccc2c1CCN.O=C(O)[C@H](O)[C@@H](O)C(=O)O. The van der Waals surface area contributed by atoms with Crippen LogP contribution in [0.2, 0.25) is 0 Å². The fraction of sp³-hybridized carbons (Fsp3) is 0.333. The fourth-order valence-electron chi connectivity index (χ4n) is 2.07. The first-order chi connectivity index (χ1) is 10.8. The second-order valence-corrected chi connectivity index (χ2v) is 4.88. The smallest absolute Gasteiger partial charge is 0.335 e. The molecule has 0 unspecified atom stereocenters. The van der Waals surface area contributed by atoms with Gasteiger partial charge in [-0.05, 0) is 31.5 Å². The minimum atomic E-state index is -2.27. The number of aliphatic hydroxyl groups excluding tert-OH is 2. The van der Waals surface area contributed by atoms with Gasteiger partial charge in [0.15, 0.2) is 12.2 Å². The first-order valence-corrected chi connectivity index (χ1v) is 6.87. The normalized spacial score (nSPS) is 13.0. The lowest BCUT2D eigenvalue weighted by Crippen LogP contribution is -2.39. The summed E-state index contributed by atoms with van der Waals surface area (Å²) in [6, 6.07) is 8.35. The Bertz CT molecular complexity index is 664. The highest BCUT2D eigenvalue weighted by atomic mass is 16.4. The summed E-state index contributed by atoms with van der Waals surface area (Å²) < 4.78 is 0. The van der Waals surface area contributed by atoms with Gasteiger partial charge in [-0.2, -0.15) is 0 Å². The van der Waals surface area contributed by atoms with Crippen molar-refractivity contribution in [2.24, 2.45) is 5.73 Å². The van der Waals surface area contributed by atoms with Crippen molar-refractivity contribution in [3.8, 4) is 0 Å². The third-order valence-corrected chi connectivity index (χ3v) is 3.23. The first-order valence-electron chi connectivity index (χ1n) is 6.87. The monoisotopic (exact) mass is 324 g/mol. The van der Waals surface area contributed by atoms with E-state index >= 15 is 0 Å². The Balaban J connectivity index is 0.000000241. The van der Waals surface area contributed by atoms with Gasteiger partial charge < -0.3 is 31.1 Å². The third-order valence-electron chi connectivity index (χ3n) is 3.23. The molecule has 1 aromatic heterocycles. The van der Waals surface area contributed by atoms with Crippen molar-refractivity contribution in [3.63, 3.8) is 0 Å². The lowest BCUT2D eigenvalue weighted by atomic mass is 10.1. The number of fused-ring (bicyclic) bond motifs is 1. The Labute approximate surface area is 132 Å². The lowest BCUT2D eigenvalue weighted by molar-refractivity contribution is -0.165. The molecule has 0 bridgehead atoms. The molecule has 0 fully saturated rings. The second-order valence-electron chi connectivity index (χ2n) is 4.88. The molecule has 0 aliphatic heterocycles. The van der Waals surface area contributed by atoms with Crippen molar-refractivity contribution in [2.45, 2.75) is 25.6 Å². The number of aromatic amines is 1. The van der Waals surface area contributed by atoms with Crippen LogP contribution in [0.1, 0.15) is 11.3 Å². The molecular weight excluding hydrogens is 304 g/mol. The molecular formula is C15H20N2O6. The molecule has 1 aromatic carbocycles. The maximum absolute atomic E-state index is 9.77. The highest BCUT2D eigenvalue weighted by Crippen LogP contribution is 2.21. The van der Waals surface area contributed by atoms with Crippen LogP contribution < -0.4 is 5.73 Å². The van der Waals surface area contributed by atoms with Crippen LogP contribution in [0.25, 0.3) is 10.9 Å². The average Bonchev–Trinajstić information content (AvgIpc) is 2.83. The molecule has 2 aromatic rings. The fourth-order valence-corrected chi connectivity index (χ4v) is 2.07. The van der Waals surface area contributed by atoms with E-state index in [1.165, 1.54) is 22.2 Å². The van der Waals surface area contributed by atoms with E-state index in [-0.39, 0.29) is 0 Å². The molecule has 8 nitrogen and oxygen atoms in total. The van der Waals surface area contributed by atoms with E-state index in [2.05, 4.69) is 30.1 Å². The summed E-state index contributed by atoms with van der Waals surface area (Å²) in [7, 11) is 0. The van der Waals surface area contributed by atoms with Crippen molar-refractivity contribution in [1.29, 1.82) is 0 Å². The van der Waals surface area contributed by atoms with Crippen LogP contribution in [-0.4, -0.2) is 56.1 Å². The maximum atomic E-state index is 9.77. The zero-order chi connectivity index (χ0) is 17.6. The van der Waals surface area contributed by atoms with Crippen LogP contribution in [-0.2, 0) is 16.0 Å². The Morgan fingerprint density at radius 1 is 1.13 bits per heavy atom. The summed E-state index contributed by atoms with van der Waals surface area (Å²) in [4.78, 5) is 22.9. The Kier molecular flexibility index (Phi) is 6.70. The van der Waals surface area contributed by atoms with Crippen molar-refractivity contribution < 1.29 is 30.0 Å². The largest absolute Gasteiger partial charge is 0.479 e. The predicted molar refractivity (Wildman–Crippen MR) is 83.1 cm³/mol. The number of aryl methyl sites for hydroxylation is 1. The van der Waals surface area contributed by atoms with Crippen LogP contribution >= 0.6 is 0 Å². The molecule has 0 amide bonds. The van der Waals surface area contributed by atoms with Gasteiger partial charge >= 0.3 is 11.9 Å². The number of nitrogens with one attached hydrogen (secondary N) is 1. The molecule has 8 heteroatoms. The quantitative estimate of drug-likeness (QED) is 0.446. The van der Waals surface area contributed by atoms with Crippen LogP contribution in [0.3, 0.4) is 0 Å². The number of carboxylic acid groups (broad SMARTS) is 2. The highest BCUT2D eigenvalue weighted by Gasteiger charge is 2.29. The first kappa shape index (κ1) is 18.6. The standard InChI is InChI=1S/C11H14N2.C4H6O6/c1-8-9(6-7-12)10-4-2-3-5-11(10)13-8;5-1(3(7)8)2(6)4(9)10/h2-5,13H,6-7,12H2,1H3;1-2,5-6H,(H,7,8)(H,9,10)/t;1-,2-/m.1/s1. The van der Waals surface area contributed by atoms with Gasteiger partial charge in [-0.25, -0.2) is 9.59 Å². The molecule has 7 N–H and O–H groups in total. The summed E-state index contributed by atoms with van der Waals surface area (Å²) >= 11 is 0. The van der Waals surface area contributed by atoms with E-state index in [1.807, 2.05) is 6.07 Å². The average molecular weight is 324 g/mol. The maximum Gasteiger partial charge on any atom is 0.335 e. The summed E-state index contributed by atoms with van der Waals surface area (Å²) in [6.45, 7) is 2.81. The molecule has 1 heterocycles. The molecule has 0 aliphatic rings. The number of carboxylic acids is 2. The number of H-pyrrole nitrogens is 1. The van der Waals surface area contributed by atoms with Crippen molar-refractivity contribution in [1.82, 2.24) is 4.98 Å². The van der Waals surface area contributed by atoms with Crippen molar-refractivity contribution in [2.75, 3.05) is 6.54 Å². The van der Waals surface area contributed by atoms with Crippen LogP contribution in [0.5, 0.6) is 0 Å². The van der Waals surface area contributed by atoms with Crippen LogP contribution in [0.4, 0.5) is 0 Å². The number of aromatic nitrogens is 1. The molecule has 2 atom stereocenters. The molecule has 2 rings (SSSR count). The number of para-hydroxylation sites is 1. The van der Waals surface area contributed by atoms with E-state index in [0.717, 1.165) is 6.42 Å². The topological polar surface area (TPSA) is 157 Å². The zero-order valence-electron chi connectivity index (χ0n) is 12.6. The van der Waals surface area contributed by atoms with Gasteiger partial charge in [0, 0.05) is 16.6 Å². The van der Waals surface area contributed by atoms with Gasteiger partial charge in [0.1, 0.15) is 0 Å². The number of aliphatic carboxylic acids is 2. The van der Waals surface area contributed by atoms with Crippen molar-refractivity contribution >= 4 is 22.8 Å². The number of aliphatic hydroxyl groups is 2. The number of hydrogen-bond acceptors (Lipinski definition) is 5. The minimum absolute atomic E-state index is 0.711. The van der Waals surface area contributed by atoms with Gasteiger partial charge in [-0.3, -0.25) is 0 Å². The van der Waals surface area contributed by atoms with E-state index < -0.39 is 24.1 Å². The van der Waals surface area contributed by atoms with Crippen LogP contribution in [0, 0.1) is 6.92 Å². The lowest BCUT2D eigenvalue weighted by Gasteiger charge is -2.07. The minimum Gasteiger partial charge on any atom is -0.479 e. The summed E-state index contributed by atoms with van der Waals surface area (Å²) in [5.41, 5.74) is 9.38. The van der Waals surface area contributed by atoms with E-state index in [4.69, 9.17) is 26.2 Å². The second kappa shape index (κ2) is 8.28. The molecule has 0 radical (unpaired) electrons. The van der Waals surface area contributed by atoms with E-state index in [0.29, 0.717) is 6.54 Å². The van der Waals surface area contributed by atoms with Crippen LogP contribution in [0.15, 0.2) is 24.3 Å². The summed E-state index contributed by atoms with van der Waals surface area (Å²) in [6.07, 6.45) is -3.58. The number of benzene rings is 1. The van der Waals surface area contributed by atoms with E-state index in [1.54, 1.807) is 0 Å². The van der Waals surface area contributed by atoms with Gasteiger partial charge in [-0.15, -0.1) is 0 Å². The molecule has 0 saturated carbocycles. The Hall–Kier alpha value is -2.42. The molecule has 0 aliphatic carbocycles. The van der Waals surface area contributed by atoms with Gasteiger partial charge in [0.2, 0.25) is 0 Å². The number of nitrogens with two attached hydrogens (primary N) is 1. The highest BCUT2D eigenvalue weighted by molar-refractivity contribution is 5.84. The number of rotatable bonds is 5. The molecule has 23 heavy (non-hydrogen) atoms. The van der Waals surface area contributed by atoms with Gasteiger partial charge in [0.05, 0.1) is 0 Å². The van der Waals surface area contributed by atoms with Gasteiger partial charge in [-0.1, -0.05) is 18.2 Å². The zero-order valence-corrected chi connectivity index (χ0v) is 12.6. The molecule has 126 valence electrons. The Morgan fingerprint density at radius 3 is 2.13 bits per heavy atom. The summed E-state index contributed by atoms with van der Waals surface area (Å²) in [5, 5.41) is 33.8. The molecule has 0 spiro atoms. The van der Waals surface area contributed by atoms with Gasteiger partial charge in [0.25, 0.3) is 0 Å². The third kappa shape index (κ3) is 4.78. The molecule has 0 saturated heterocycles. The number of hydrogen-bond donors (Lipinski definition) is 6. The van der Waals surface area contributed by atoms with E-state index in [9.17, 15) is 9.59 Å². The Morgan fingerprint density at radius 2 is 1.65 bits per heavy atom. The predicted octanol–water partition coefficient (Wildman–Crippen LogP) is -0.145. The van der Waals surface area contributed by atoms with Crippen molar-refractivity contribution in [3.05, 3.63) is 35.5 Å². The summed E-state index contributed by atoms with van der Waals surface area (Å²) in [5.74, 6) is -3.54. The number of carbonyl (C=O) groups is 2.